The molecule has 0 fully saturated rings. The summed E-state index contributed by atoms with van der Waals surface area (Å²) in [6, 6.07) is 37.5. The van der Waals surface area contributed by atoms with Gasteiger partial charge in [0.25, 0.3) is 0 Å². The molecule has 0 saturated heterocycles. The molecule has 7 heterocycles. The van der Waals surface area contributed by atoms with E-state index in [1.54, 1.807) is 6.20 Å². The highest BCUT2D eigenvalue weighted by Crippen LogP contribution is 2.34. The molecule has 0 aliphatic heterocycles. The minimum Gasteiger partial charge on any atom is -0.264 e. The van der Waals surface area contributed by atoms with Crippen LogP contribution in [-0.4, -0.2) is 34.9 Å². The average Bonchev–Trinajstić information content (AvgIpc) is 1.35. The Balaban J connectivity index is 0.000000531. The summed E-state index contributed by atoms with van der Waals surface area (Å²) < 4.78 is 0. The smallest absolute Gasteiger partial charge is 0.0918 e. The SMILES string of the molecule is CC.CC.CC.CC.CC.CC.CC.CC1=C(C)c2ccccc2C1.CC1=C(C)c2ccncc2C1.CC1=C(C)c2cnccc2C1.CC1=C(C)c2ncccc2C1.Cc1cnc2ccccc2c1C.Cc1cnc2cccnc2c1C.Cc1ncc2ccccc2c1C. The Morgan fingerprint density at radius 2 is 0.713 bits per heavy atom. The molecule has 4 aliphatic rings. The largest absolute Gasteiger partial charge is 0.264 e. The van der Waals surface area contributed by atoms with Crippen molar-refractivity contribution < 1.29 is 0 Å². The third-order valence-electron chi connectivity index (χ3n) is 16.4. The van der Waals surface area contributed by atoms with Crippen LogP contribution in [0.2, 0.25) is 0 Å². The molecule has 4 aliphatic carbocycles. The summed E-state index contributed by atoms with van der Waals surface area (Å²) in [6.07, 6.45) is 21.5. The van der Waals surface area contributed by atoms with Crippen molar-refractivity contribution in [3.05, 3.63) is 265 Å². The van der Waals surface area contributed by atoms with Crippen LogP contribution in [0, 0.1) is 41.5 Å². The van der Waals surface area contributed by atoms with E-state index in [1.165, 1.54) is 133 Å². The monoisotopic (exact) mass is 1260 g/mol. The van der Waals surface area contributed by atoms with E-state index >= 15 is 0 Å². The van der Waals surface area contributed by atoms with E-state index in [4.69, 9.17) is 0 Å². The third kappa shape index (κ3) is 23.5. The summed E-state index contributed by atoms with van der Waals surface area (Å²) in [5.41, 5.74) is 33.1. The molecule has 0 unspecified atom stereocenters. The molecule has 0 amide bonds. The van der Waals surface area contributed by atoms with Gasteiger partial charge < -0.3 is 0 Å². The highest BCUT2D eigenvalue weighted by molar-refractivity contribution is 5.85. The minimum atomic E-state index is 0.973. The molecule has 14 rings (SSSR count). The molecule has 10 aromatic rings. The standard InChI is InChI=1S/2C11H11N.C11H12.C10H10N2.3C10H11N.7C2H6/c1-8-9(2)12-7-10-5-3-4-6-11(8)10;1-8-7-12-11-6-4-3-5-10(11)9(8)2;1-8-7-10-5-3-4-6-11(10)9(8)2;1-7-6-12-9-4-3-5-11-10(9)8(7)2;1-7-5-9-6-11-4-3-10(9)8(7)2;1-7-5-9-3-4-11-6-10(9)8(7)2;1-7-6-9-4-3-5-11-10(9)8(7)2;7*1-2/h2*3-7H,1-2H3;3-6H,7H2,1-2H3;3-6H,1-2H3;2*3-4,6H,5H2,1-2H3;3-5H,6H2,1-2H3;7*1-2H3. The summed E-state index contributed by atoms with van der Waals surface area (Å²) in [4.78, 5) is 29.7. The van der Waals surface area contributed by atoms with Gasteiger partial charge in [0.15, 0.2) is 0 Å². The van der Waals surface area contributed by atoms with Crippen LogP contribution in [-0.2, 0) is 25.7 Å². The molecule has 0 bridgehead atoms. The van der Waals surface area contributed by atoms with Crippen LogP contribution in [0.5, 0.6) is 0 Å². The summed E-state index contributed by atoms with van der Waals surface area (Å²) in [5, 5.41) is 3.79. The number of hydrogen-bond acceptors (Lipinski definition) is 7. The van der Waals surface area contributed by atoms with E-state index in [2.05, 4.69) is 198 Å². The summed E-state index contributed by atoms with van der Waals surface area (Å²) >= 11 is 0. The van der Waals surface area contributed by atoms with Crippen molar-refractivity contribution in [2.24, 2.45) is 0 Å². The first kappa shape index (κ1) is 83.5. The lowest BCUT2D eigenvalue weighted by molar-refractivity contribution is 1.15. The number of aryl methyl sites for hydroxylation is 6. The molecule has 0 atom stereocenters. The molecule has 3 aromatic carbocycles. The number of para-hydroxylation sites is 1. The van der Waals surface area contributed by atoms with Crippen molar-refractivity contribution in [1.29, 1.82) is 0 Å². The molecule has 502 valence electrons. The van der Waals surface area contributed by atoms with E-state index in [9.17, 15) is 0 Å². The number of allylic oxidation sites excluding steroid dienone is 8. The Kier molecular flexibility index (Phi) is 40.6. The van der Waals surface area contributed by atoms with E-state index < -0.39 is 0 Å². The van der Waals surface area contributed by atoms with Crippen molar-refractivity contribution in [2.75, 3.05) is 0 Å². The molecule has 7 heteroatoms. The van der Waals surface area contributed by atoms with Gasteiger partial charge in [0.2, 0.25) is 0 Å². The number of pyridine rings is 7. The number of nitrogens with zero attached hydrogens (tertiary/aromatic N) is 7. The highest BCUT2D eigenvalue weighted by atomic mass is 14.7. The Hall–Kier alpha value is -8.55. The Morgan fingerprint density at radius 3 is 1.31 bits per heavy atom. The van der Waals surface area contributed by atoms with Gasteiger partial charge >= 0.3 is 0 Å². The molecule has 7 nitrogen and oxygen atoms in total. The van der Waals surface area contributed by atoms with Crippen LogP contribution in [0.3, 0.4) is 0 Å². The molecular formula is C87H119N7. The van der Waals surface area contributed by atoms with Crippen LogP contribution < -0.4 is 0 Å². The first-order chi connectivity index (χ1) is 45.5. The maximum absolute atomic E-state index is 4.34. The van der Waals surface area contributed by atoms with Gasteiger partial charge in [-0.15, -0.1) is 0 Å². The Labute approximate surface area is 571 Å². The van der Waals surface area contributed by atoms with Gasteiger partial charge in [0.05, 0.1) is 22.2 Å². The lowest BCUT2D eigenvalue weighted by atomic mass is 10.1. The third-order valence-corrected chi connectivity index (χ3v) is 16.4. The second-order valence-electron chi connectivity index (χ2n) is 21.6. The zero-order valence-electron chi connectivity index (χ0n) is 63.5. The number of fused-ring (bicyclic) bond motifs is 7. The topological polar surface area (TPSA) is 90.2 Å². The van der Waals surface area contributed by atoms with Crippen molar-refractivity contribution in [3.63, 3.8) is 0 Å². The predicted molar refractivity (Wildman–Crippen MR) is 418 cm³/mol. The number of aromatic nitrogens is 7. The van der Waals surface area contributed by atoms with Gasteiger partial charge in [-0.3, -0.25) is 34.9 Å². The first-order valence-electron chi connectivity index (χ1n) is 34.9. The lowest BCUT2D eigenvalue weighted by Gasteiger charge is -2.03. The van der Waals surface area contributed by atoms with Crippen molar-refractivity contribution in [2.45, 2.75) is 220 Å². The minimum absolute atomic E-state index is 0.973. The van der Waals surface area contributed by atoms with Gasteiger partial charge in [-0.05, 0) is 253 Å². The summed E-state index contributed by atoms with van der Waals surface area (Å²) in [7, 11) is 0. The number of rotatable bonds is 0. The van der Waals surface area contributed by atoms with E-state index in [0.717, 1.165) is 47.9 Å². The zero-order chi connectivity index (χ0) is 71.0. The fraction of sp³-hybridized carbons (Fsp3) is 0.368. The van der Waals surface area contributed by atoms with Crippen LogP contribution in [0.4, 0.5) is 0 Å². The summed E-state index contributed by atoms with van der Waals surface area (Å²) in [6.45, 7) is 58.0. The fourth-order valence-electron chi connectivity index (χ4n) is 10.4. The number of hydrogen-bond donors (Lipinski definition) is 0. The zero-order valence-corrected chi connectivity index (χ0v) is 63.5. The number of benzene rings is 3. The molecule has 0 saturated carbocycles. The van der Waals surface area contributed by atoms with Gasteiger partial charge in [-0.1, -0.05) is 192 Å². The molecular weight excluding hydrogens is 1140 g/mol. The first-order valence-corrected chi connectivity index (χ1v) is 34.9. The molecule has 7 aromatic heterocycles. The molecule has 0 N–H and O–H groups in total. The Morgan fingerprint density at radius 1 is 0.277 bits per heavy atom. The summed E-state index contributed by atoms with van der Waals surface area (Å²) in [5.74, 6) is 0. The predicted octanol–water partition coefficient (Wildman–Crippen LogP) is 25.5. The second-order valence-corrected chi connectivity index (χ2v) is 21.6. The lowest BCUT2D eigenvalue weighted by Crippen LogP contribution is -1.89. The highest BCUT2D eigenvalue weighted by Gasteiger charge is 2.17. The van der Waals surface area contributed by atoms with Gasteiger partial charge in [0, 0.05) is 72.2 Å². The van der Waals surface area contributed by atoms with Gasteiger partial charge in [0.1, 0.15) is 0 Å². The van der Waals surface area contributed by atoms with Crippen molar-refractivity contribution >= 4 is 55.0 Å². The second kappa shape index (κ2) is 45.7. The maximum atomic E-state index is 4.34. The fourth-order valence-corrected chi connectivity index (χ4v) is 10.4. The van der Waals surface area contributed by atoms with E-state index in [1.807, 2.05) is 190 Å². The van der Waals surface area contributed by atoms with Crippen LogP contribution in [0.1, 0.15) is 230 Å². The van der Waals surface area contributed by atoms with Crippen LogP contribution in [0.25, 0.3) is 55.0 Å². The molecule has 0 radical (unpaired) electrons. The Bertz CT molecular complexity index is 3540. The van der Waals surface area contributed by atoms with Crippen LogP contribution >= 0.6 is 0 Å². The van der Waals surface area contributed by atoms with Crippen molar-refractivity contribution in [3.8, 4) is 0 Å². The quantitative estimate of drug-likeness (QED) is 0.149. The van der Waals surface area contributed by atoms with Crippen LogP contribution in [0.15, 0.2) is 187 Å². The maximum Gasteiger partial charge on any atom is 0.0918 e. The van der Waals surface area contributed by atoms with E-state index in [-0.39, 0.29) is 0 Å². The molecule has 0 spiro atoms. The average molecular weight is 1260 g/mol. The molecule has 94 heavy (non-hydrogen) atoms. The van der Waals surface area contributed by atoms with Gasteiger partial charge in [-0.2, -0.15) is 0 Å². The normalized spacial score (nSPS) is 11.7. The van der Waals surface area contributed by atoms with Gasteiger partial charge in [-0.25, -0.2) is 0 Å². The van der Waals surface area contributed by atoms with E-state index in [0.29, 0.717) is 0 Å². The van der Waals surface area contributed by atoms with Crippen molar-refractivity contribution in [1.82, 2.24) is 34.9 Å².